The summed E-state index contributed by atoms with van der Waals surface area (Å²) < 4.78 is 266. The van der Waals surface area contributed by atoms with Crippen LogP contribution in [0.3, 0.4) is 0 Å². The topological polar surface area (TPSA) is 58.0 Å². The van der Waals surface area contributed by atoms with Crippen LogP contribution in [0.15, 0.2) is 30.5 Å². The van der Waals surface area contributed by atoms with Crippen LogP contribution in [0.2, 0.25) is 0 Å². The van der Waals surface area contributed by atoms with Gasteiger partial charge in [0.1, 0.15) is 12.4 Å². The summed E-state index contributed by atoms with van der Waals surface area (Å²) in [6.45, 7) is -2.04. The molecule has 0 saturated carbocycles. The molecule has 0 unspecified atom stereocenters. The van der Waals surface area contributed by atoms with Crippen LogP contribution in [0, 0.1) is 0 Å². The number of rotatable bonds is 13. The Morgan fingerprint density at radius 3 is 1.47 bits per heavy atom. The van der Waals surface area contributed by atoms with E-state index < -0.39 is 97.0 Å². The number of aliphatic hydroxyl groups excluding tert-OH is 1. The maximum atomic E-state index is 14.2. The van der Waals surface area contributed by atoms with Gasteiger partial charge in [0.15, 0.2) is 5.82 Å². The lowest BCUT2D eigenvalue weighted by Crippen LogP contribution is -2.74. The molecular weight excluding hydrogens is 714 g/mol. The second kappa shape index (κ2) is 12.3. The molecule has 0 aliphatic carbocycles. The Labute approximate surface area is 247 Å². The minimum Gasteiger partial charge on any atom is -0.388 e. The minimum absolute atomic E-state index is 0.127. The number of hydrogen-bond donors (Lipinski definition) is 2. The quantitative estimate of drug-likeness (QED) is 0.160. The third-order valence-corrected chi connectivity index (χ3v) is 6.25. The molecule has 0 amide bonds. The van der Waals surface area contributed by atoms with E-state index in [9.17, 15) is 87.8 Å². The molecule has 0 spiro atoms. The van der Waals surface area contributed by atoms with Crippen molar-refractivity contribution < 1.29 is 92.9 Å². The third kappa shape index (κ3) is 6.69. The SMILES string of the molecule is OCc1ncc(-c2ccc(C(F)(F)F)cc2)c(NCCCC(F)(F)C(F)(F)C(F)(F)C(F)(F)C(F)(F)C(F)(F)C(F)(F)C(F)(F)F)n1. The Bertz CT molecular complexity index is 1390. The highest BCUT2D eigenvalue weighted by Crippen LogP contribution is 2.64. The van der Waals surface area contributed by atoms with E-state index in [2.05, 4.69) is 15.3 Å². The molecule has 0 aliphatic heterocycles. The number of halogens is 20. The molecule has 0 aliphatic rings. The summed E-state index contributed by atoms with van der Waals surface area (Å²) in [7, 11) is 0. The van der Waals surface area contributed by atoms with Crippen LogP contribution in [0.1, 0.15) is 24.2 Å². The molecule has 1 aromatic carbocycles. The lowest BCUT2D eigenvalue weighted by Gasteiger charge is -2.42. The predicted molar refractivity (Wildman–Crippen MR) is 117 cm³/mol. The van der Waals surface area contributed by atoms with Crippen LogP contribution in [0.4, 0.5) is 93.6 Å². The summed E-state index contributed by atoms with van der Waals surface area (Å²) in [5.74, 6) is -58.1. The van der Waals surface area contributed by atoms with Gasteiger partial charge in [-0.1, -0.05) is 12.1 Å². The molecule has 0 radical (unpaired) electrons. The second-order valence-electron chi connectivity index (χ2n) is 9.46. The highest BCUT2D eigenvalue weighted by Gasteiger charge is 2.95. The van der Waals surface area contributed by atoms with Gasteiger partial charge in [0, 0.05) is 24.7 Å². The first-order chi connectivity index (χ1) is 20.8. The number of nitrogens with one attached hydrogen (secondary N) is 1. The summed E-state index contributed by atoms with van der Waals surface area (Å²) in [6.07, 6.45) is -16.0. The van der Waals surface area contributed by atoms with Gasteiger partial charge in [0.25, 0.3) is 0 Å². The van der Waals surface area contributed by atoms with Gasteiger partial charge >= 0.3 is 53.8 Å². The van der Waals surface area contributed by atoms with Gasteiger partial charge in [-0.2, -0.15) is 87.8 Å². The van der Waals surface area contributed by atoms with Crippen molar-refractivity contribution in [2.24, 2.45) is 0 Å². The monoisotopic (exact) mass is 729 g/mol. The summed E-state index contributed by atoms with van der Waals surface area (Å²) in [5.41, 5.74) is -1.53. The highest BCUT2D eigenvalue weighted by atomic mass is 19.4. The third-order valence-electron chi connectivity index (χ3n) is 6.25. The number of aliphatic hydroxyl groups is 1. The molecule has 24 heteroatoms. The van der Waals surface area contributed by atoms with Crippen LogP contribution < -0.4 is 5.32 Å². The van der Waals surface area contributed by atoms with Crippen molar-refractivity contribution in [2.45, 2.75) is 73.3 Å². The molecule has 47 heavy (non-hydrogen) atoms. The van der Waals surface area contributed by atoms with Gasteiger partial charge in [-0.05, 0) is 24.1 Å². The zero-order valence-corrected chi connectivity index (χ0v) is 22.1. The van der Waals surface area contributed by atoms with E-state index in [1.54, 1.807) is 0 Å². The molecule has 0 saturated heterocycles. The largest absolute Gasteiger partial charge is 0.460 e. The maximum Gasteiger partial charge on any atom is 0.460 e. The van der Waals surface area contributed by atoms with Crippen molar-refractivity contribution in [3.05, 3.63) is 41.9 Å². The van der Waals surface area contributed by atoms with Crippen LogP contribution in [-0.4, -0.2) is 69.3 Å². The van der Waals surface area contributed by atoms with E-state index in [0.29, 0.717) is 12.1 Å². The van der Waals surface area contributed by atoms with Gasteiger partial charge in [-0.3, -0.25) is 0 Å². The van der Waals surface area contributed by atoms with Crippen molar-refractivity contribution in [1.82, 2.24) is 9.97 Å². The molecule has 0 atom stereocenters. The first kappa shape index (κ1) is 39.8. The van der Waals surface area contributed by atoms with E-state index in [-0.39, 0.29) is 11.1 Å². The smallest absolute Gasteiger partial charge is 0.388 e. The lowest BCUT2D eigenvalue weighted by molar-refractivity contribution is -0.461. The fourth-order valence-corrected chi connectivity index (χ4v) is 3.55. The van der Waals surface area contributed by atoms with Crippen molar-refractivity contribution in [3.63, 3.8) is 0 Å². The van der Waals surface area contributed by atoms with E-state index in [1.807, 2.05) is 0 Å². The maximum absolute atomic E-state index is 14.2. The Balaban J connectivity index is 2.33. The molecule has 2 rings (SSSR count). The molecule has 0 fully saturated rings. The van der Waals surface area contributed by atoms with Crippen molar-refractivity contribution >= 4 is 5.82 Å². The number of alkyl halides is 20. The Kier molecular flexibility index (Phi) is 10.4. The molecule has 0 bridgehead atoms. The first-order valence-corrected chi connectivity index (χ1v) is 11.9. The molecular formula is C23H15F20N3O. The Hall–Kier alpha value is -3.34. The number of aromatic nitrogens is 2. The first-order valence-electron chi connectivity index (χ1n) is 11.9. The fraction of sp³-hybridized carbons (Fsp3) is 0.565. The number of anilines is 1. The normalized spacial score (nSPS) is 14.8. The van der Waals surface area contributed by atoms with Crippen molar-refractivity contribution in [3.8, 4) is 11.1 Å². The number of nitrogens with zero attached hydrogens (tertiary/aromatic N) is 2. The molecule has 268 valence electrons. The lowest BCUT2D eigenvalue weighted by atomic mass is 9.88. The molecule has 1 aromatic heterocycles. The van der Waals surface area contributed by atoms with Crippen LogP contribution in [0.5, 0.6) is 0 Å². The Morgan fingerprint density at radius 1 is 0.596 bits per heavy atom. The summed E-state index contributed by atoms with van der Waals surface area (Å²) in [6, 6.07) is 2.79. The zero-order valence-electron chi connectivity index (χ0n) is 22.1. The summed E-state index contributed by atoms with van der Waals surface area (Å²) in [5, 5.41) is 11.3. The molecule has 2 aromatic rings. The average Bonchev–Trinajstić information content (AvgIpc) is 2.93. The van der Waals surface area contributed by atoms with Crippen LogP contribution in [-0.2, 0) is 12.8 Å². The summed E-state index contributed by atoms with van der Waals surface area (Å²) in [4.78, 5) is 7.24. The van der Waals surface area contributed by atoms with Gasteiger partial charge in [-0.15, -0.1) is 0 Å². The average molecular weight is 729 g/mol. The second-order valence-corrected chi connectivity index (χ2v) is 9.46. The number of hydrogen-bond acceptors (Lipinski definition) is 4. The van der Waals surface area contributed by atoms with Gasteiger partial charge < -0.3 is 10.4 Å². The zero-order chi connectivity index (χ0) is 36.9. The summed E-state index contributed by atoms with van der Waals surface area (Å²) >= 11 is 0. The fourth-order valence-electron chi connectivity index (χ4n) is 3.55. The Morgan fingerprint density at radius 2 is 1.04 bits per heavy atom. The van der Waals surface area contributed by atoms with Crippen LogP contribution >= 0.6 is 0 Å². The van der Waals surface area contributed by atoms with Crippen molar-refractivity contribution in [1.29, 1.82) is 0 Å². The van der Waals surface area contributed by atoms with E-state index in [4.69, 9.17) is 5.11 Å². The van der Waals surface area contributed by atoms with E-state index >= 15 is 0 Å². The van der Waals surface area contributed by atoms with Crippen molar-refractivity contribution in [2.75, 3.05) is 11.9 Å². The molecule has 1 heterocycles. The highest BCUT2D eigenvalue weighted by molar-refractivity contribution is 5.74. The van der Waals surface area contributed by atoms with E-state index in [0.717, 1.165) is 18.3 Å². The van der Waals surface area contributed by atoms with Gasteiger partial charge in [-0.25, -0.2) is 9.97 Å². The predicted octanol–water partition coefficient (Wildman–Crippen LogP) is 8.86. The van der Waals surface area contributed by atoms with E-state index in [1.165, 1.54) is 0 Å². The van der Waals surface area contributed by atoms with Gasteiger partial charge in [0.05, 0.1) is 5.56 Å². The molecule has 2 N–H and O–H groups in total. The standard InChI is InChI=1S/C23H15F20N3O/c24-15(25,17(29,30)18(31,32)19(33,34)20(35,36)21(37,38)22(39,40)23(41,42)43)6-1-7-44-14-12(8-45-13(9-47)46-14)10-2-4-11(5-3-10)16(26,27)28/h2-5,8,47H,1,6-7,9H2,(H,44,45,46). The van der Waals surface area contributed by atoms with Gasteiger partial charge in [0.2, 0.25) is 0 Å². The molecule has 4 nitrogen and oxygen atoms in total. The number of benzene rings is 1. The minimum atomic E-state index is -8.73. The van der Waals surface area contributed by atoms with Crippen LogP contribution in [0.25, 0.3) is 11.1 Å².